The van der Waals surface area contributed by atoms with E-state index in [0.29, 0.717) is 27.7 Å². The zero-order chi connectivity index (χ0) is 24.4. The molecule has 0 radical (unpaired) electrons. The normalized spacial score (nSPS) is 16.6. The van der Waals surface area contributed by atoms with Crippen molar-refractivity contribution in [1.29, 1.82) is 0 Å². The van der Waals surface area contributed by atoms with Gasteiger partial charge in [-0.3, -0.25) is 14.5 Å². The van der Waals surface area contributed by atoms with Crippen LogP contribution in [-0.2, 0) is 20.1 Å². The van der Waals surface area contributed by atoms with Crippen LogP contribution in [0, 0.1) is 26.7 Å². The van der Waals surface area contributed by atoms with E-state index in [0.717, 1.165) is 29.3 Å². The van der Waals surface area contributed by atoms with Crippen molar-refractivity contribution in [2.75, 3.05) is 13.1 Å². The highest BCUT2D eigenvalue weighted by atomic mass is 32.1. The third-order valence-electron chi connectivity index (χ3n) is 6.57. The number of likely N-dealkylation sites (tertiary alicyclic amines) is 1. The second-order valence-corrected chi connectivity index (χ2v) is 10.4. The second kappa shape index (κ2) is 10.2. The topological polar surface area (TPSA) is 80.1 Å². The summed E-state index contributed by atoms with van der Waals surface area (Å²) in [5.41, 5.74) is 4.86. The van der Waals surface area contributed by atoms with Crippen molar-refractivity contribution in [1.82, 2.24) is 25.0 Å². The predicted octanol–water partition coefficient (Wildman–Crippen LogP) is 3.99. The molecule has 0 saturated carbocycles. The number of amides is 1. The van der Waals surface area contributed by atoms with E-state index >= 15 is 0 Å². The molecule has 1 aromatic carbocycles. The maximum Gasteiger partial charge on any atom is 0.277 e. The minimum absolute atomic E-state index is 0.173. The zero-order valence-corrected chi connectivity index (χ0v) is 21.5. The molecule has 3 heterocycles. The van der Waals surface area contributed by atoms with E-state index in [4.69, 9.17) is 0 Å². The summed E-state index contributed by atoms with van der Waals surface area (Å²) in [4.78, 5) is 33.2. The van der Waals surface area contributed by atoms with E-state index in [1.807, 2.05) is 13.8 Å². The molecular formula is C26H33N5O2S. The van der Waals surface area contributed by atoms with E-state index in [1.54, 1.807) is 14.0 Å². The van der Waals surface area contributed by atoms with Gasteiger partial charge in [-0.1, -0.05) is 31.2 Å². The molecule has 1 saturated heterocycles. The number of aryl methyl sites for hydroxylation is 3. The summed E-state index contributed by atoms with van der Waals surface area (Å²) < 4.78 is 1.32. The van der Waals surface area contributed by atoms with Crippen molar-refractivity contribution in [2.24, 2.45) is 13.0 Å². The van der Waals surface area contributed by atoms with Crippen LogP contribution in [0.5, 0.6) is 0 Å². The molecule has 1 fully saturated rings. The van der Waals surface area contributed by atoms with Gasteiger partial charge in [0.25, 0.3) is 11.5 Å². The number of piperidine rings is 1. The molecule has 0 aliphatic carbocycles. The Morgan fingerprint density at radius 3 is 2.56 bits per heavy atom. The third kappa shape index (κ3) is 5.28. The summed E-state index contributed by atoms with van der Waals surface area (Å²) in [6, 6.07) is 8.48. The molecule has 0 spiro atoms. The lowest BCUT2D eigenvalue weighted by atomic mass is 9.99. The first-order valence-electron chi connectivity index (χ1n) is 11.8. The Balaban J connectivity index is 1.41. The fourth-order valence-electron chi connectivity index (χ4n) is 4.53. The predicted molar refractivity (Wildman–Crippen MR) is 136 cm³/mol. The second-order valence-electron chi connectivity index (χ2n) is 9.43. The van der Waals surface area contributed by atoms with E-state index in [1.165, 1.54) is 47.5 Å². The SMILES string of the molecule is Cc1nc(-c2c(C)c(C)nn(C)c2=O)sc1C(=O)NCc1ccc(CN2CCCC(C)C2)cc1. The van der Waals surface area contributed by atoms with Gasteiger partial charge >= 0.3 is 0 Å². The Kier molecular flexibility index (Phi) is 7.28. The molecule has 8 heteroatoms. The highest BCUT2D eigenvalue weighted by Gasteiger charge is 2.21. The number of aromatic nitrogens is 3. The number of rotatable bonds is 6. The Bertz CT molecular complexity index is 1250. The fraction of sp³-hybridized carbons (Fsp3) is 0.462. The maximum atomic E-state index is 12.9. The summed E-state index contributed by atoms with van der Waals surface area (Å²) in [7, 11) is 1.63. The van der Waals surface area contributed by atoms with Crippen molar-refractivity contribution >= 4 is 17.2 Å². The van der Waals surface area contributed by atoms with Crippen molar-refractivity contribution in [3.63, 3.8) is 0 Å². The number of carbonyl (C=O) groups excluding carboxylic acids is 1. The number of hydrogen-bond acceptors (Lipinski definition) is 6. The van der Waals surface area contributed by atoms with Crippen LogP contribution in [0.4, 0.5) is 0 Å². The summed E-state index contributed by atoms with van der Waals surface area (Å²) in [5.74, 6) is 0.598. The Labute approximate surface area is 204 Å². The van der Waals surface area contributed by atoms with Gasteiger partial charge in [0.1, 0.15) is 9.88 Å². The van der Waals surface area contributed by atoms with Crippen molar-refractivity contribution in [3.8, 4) is 10.6 Å². The molecule has 7 nitrogen and oxygen atoms in total. The van der Waals surface area contributed by atoms with Crippen LogP contribution < -0.4 is 10.9 Å². The standard InChI is InChI=1S/C26H33N5O2S/c1-16-7-6-12-31(14-16)15-21-10-8-20(9-11-21)13-27-24(32)23-19(4)28-25(34-23)22-17(2)18(3)29-30(5)26(22)33/h8-11,16H,6-7,12-15H2,1-5H3,(H,27,32). The Hall–Kier alpha value is -2.84. The van der Waals surface area contributed by atoms with Gasteiger partial charge in [-0.15, -0.1) is 11.3 Å². The fourth-order valence-corrected chi connectivity index (χ4v) is 5.60. The largest absolute Gasteiger partial charge is 0.347 e. The molecule has 180 valence electrons. The molecule has 0 bridgehead atoms. The number of nitrogens with one attached hydrogen (secondary N) is 1. The average Bonchev–Trinajstić information content (AvgIpc) is 3.18. The number of benzene rings is 1. The highest BCUT2D eigenvalue weighted by molar-refractivity contribution is 7.17. The van der Waals surface area contributed by atoms with E-state index in [-0.39, 0.29) is 11.5 Å². The van der Waals surface area contributed by atoms with Crippen LogP contribution in [0.2, 0.25) is 0 Å². The number of thiazole rings is 1. The van der Waals surface area contributed by atoms with E-state index in [9.17, 15) is 9.59 Å². The number of carbonyl (C=O) groups is 1. The van der Waals surface area contributed by atoms with E-state index < -0.39 is 0 Å². The summed E-state index contributed by atoms with van der Waals surface area (Å²) in [6.07, 6.45) is 2.60. The lowest BCUT2D eigenvalue weighted by molar-refractivity contribution is 0.0954. The monoisotopic (exact) mass is 479 g/mol. The highest BCUT2D eigenvalue weighted by Crippen LogP contribution is 2.28. The van der Waals surface area contributed by atoms with Gasteiger partial charge in [0.05, 0.1) is 17.0 Å². The molecule has 1 aliphatic rings. The van der Waals surface area contributed by atoms with Crippen LogP contribution in [-0.4, -0.2) is 38.7 Å². The minimum Gasteiger partial charge on any atom is -0.347 e. The van der Waals surface area contributed by atoms with Gasteiger partial charge in [0, 0.05) is 26.7 Å². The summed E-state index contributed by atoms with van der Waals surface area (Å²) >= 11 is 1.25. The third-order valence-corrected chi connectivity index (χ3v) is 7.74. The molecule has 4 rings (SSSR count). The summed E-state index contributed by atoms with van der Waals surface area (Å²) in [6.45, 7) is 11.6. The zero-order valence-electron chi connectivity index (χ0n) is 20.6. The lowest BCUT2D eigenvalue weighted by Gasteiger charge is -2.30. The first-order valence-corrected chi connectivity index (χ1v) is 12.6. The van der Waals surface area contributed by atoms with Crippen molar-refractivity contribution in [2.45, 2.75) is 53.6 Å². The minimum atomic E-state index is -0.206. The first-order chi connectivity index (χ1) is 16.2. The Morgan fingerprint density at radius 2 is 1.85 bits per heavy atom. The molecular weight excluding hydrogens is 446 g/mol. The molecule has 1 atom stereocenters. The van der Waals surface area contributed by atoms with Gasteiger partial charge in [-0.2, -0.15) is 5.10 Å². The van der Waals surface area contributed by atoms with Gasteiger partial charge in [0.15, 0.2) is 0 Å². The maximum absolute atomic E-state index is 12.9. The van der Waals surface area contributed by atoms with Gasteiger partial charge in [0.2, 0.25) is 0 Å². The van der Waals surface area contributed by atoms with Crippen molar-refractivity contribution in [3.05, 3.63) is 67.6 Å². The number of nitrogens with zero attached hydrogens (tertiary/aromatic N) is 4. The van der Waals surface area contributed by atoms with E-state index in [2.05, 4.69) is 51.5 Å². The Morgan fingerprint density at radius 1 is 1.15 bits per heavy atom. The average molecular weight is 480 g/mol. The molecule has 1 N–H and O–H groups in total. The van der Waals surface area contributed by atoms with Crippen LogP contribution in [0.15, 0.2) is 29.1 Å². The molecule has 3 aromatic rings. The van der Waals surface area contributed by atoms with Gasteiger partial charge in [-0.25, -0.2) is 9.67 Å². The lowest BCUT2D eigenvalue weighted by Crippen LogP contribution is -2.33. The van der Waals surface area contributed by atoms with Gasteiger partial charge in [-0.05, 0) is 62.8 Å². The summed E-state index contributed by atoms with van der Waals surface area (Å²) in [5, 5.41) is 7.79. The molecule has 1 aliphatic heterocycles. The van der Waals surface area contributed by atoms with Crippen LogP contribution in [0.25, 0.3) is 10.6 Å². The van der Waals surface area contributed by atoms with Crippen LogP contribution >= 0.6 is 11.3 Å². The smallest absolute Gasteiger partial charge is 0.277 e. The quantitative estimate of drug-likeness (QED) is 0.578. The molecule has 1 unspecified atom stereocenters. The molecule has 2 aromatic heterocycles. The molecule has 1 amide bonds. The van der Waals surface area contributed by atoms with Gasteiger partial charge < -0.3 is 5.32 Å². The van der Waals surface area contributed by atoms with Crippen LogP contribution in [0.3, 0.4) is 0 Å². The molecule has 34 heavy (non-hydrogen) atoms. The van der Waals surface area contributed by atoms with Crippen molar-refractivity contribution < 1.29 is 4.79 Å². The van der Waals surface area contributed by atoms with Crippen LogP contribution in [0.1, 0.15) is 57.5 Å². The number of hydrogen-bond donors (Lipinski definition) is 1. The first kappa shape index (κ1) is 24.3.